The third-order valence-corrected chi connectivity index (χ3v) is 5.66. The molecule has 128 valence electrons. The van der Waals surface area contributed by atoms with Gasteiger partial charge in [-0.3, -0.25) is 0 Å². The van der Waals surface area contributed by atoms with Crippen LogP contribution in [0.2, 0.25) is 0 Å². The highest BCUT2D eigenvalue weighted by molar-refractivity contribution is 9.10. The van der Waals surface area contributed by atoms with Gasteiger partial charge in [0.15, 0.2) is 15.8 Å². The minimum absolute atomic E-state index is 0.0646. The summed E-state index contributed by atoms with van der Waals surface area (Å²) in [5, 5.41) is 6.30. The SMILES string of the molecule is CCNC(=NCCOc1ccc(Br)cc1)NC1CCS(=O)(=O)C1. The molecule has 1 unspecified atom stereocenters. The number of guanidine groups is 1. The zero-order valence-corrected chi connectivity index (χ0v) is 15.5. The minimum atomic E-state index is -2.89. The van der Waals surface area contributed by atoms with Gasteiger partial charge in [0.05, 0.1) is 18.1 Å². The Hall–Kier alpha value is -1.28. The van der Waals surface area contributed by atoms with Crippen molar-refractivity contribution in [1.82, 2.24) is 10.6 Å². The van der Waals surface area contributed by atoms with E-state index in [0.717, 1.165) is 16.8 Å². The molecule has 0 bridgehead atoms. The van der Waals surface area contributed by atoms with Gasteiger partial charge in [-0.25, -0.2) is 13.4 Å². The summed E-state index contributed by atoms with van der Waals surface area (Å²) in [7, 11) is -2.89. The summed E-state index contributed by atoms with van der Waals surface area (Å²) in [6.45, 7) is 3.64. The number of hydrogen-bond acceptors (Lipinski definition) is 4. The molecule has 0 aliphatic carbocycles. The summed E-state index contributed by atoms with van der Waals surface area (Å²) in [5.74, 6) is 1.85. The lowest BCUT2D eigenvalue weighted by Crippen LogP contribution is -2.44. The Bertz CT molecular complexity index is 632. The highest BCUT2D eigenvalue weighted by atomic mass is 79.9. The van der Waals surface area contributed by atoms with Crippen LogP contribution in [0.25, 0.3) is 0 Å². The number of nitrogens with one attached hydrogen (secondary N) is 2. The highest BCUT2D eigenvalue weighted by Gasteiger charge is 2.28. The number of aliphatic imine (C=N–C) groups is 1. The molecule has 8 heteroatoms. The molecule has 0 radical (unpaired) electrons. The Morgan fingerprint density at radius 3 is 2.74 bits per heavy atom. The fraction of sp³-hybridized carbons (Fsp3) is 0.533. The van der Waals surface area contributed by atoms with Crippen LogP contribution in [0.3, 0.4) is 0 Å². The zero-order valence-electron chi connectivity index (χ0n) is 13.1. The Morgan fingerprint density at radius 1 is 1.39 bits per heavy atom. The van der Waals surface area contributed by atoms with Crippen LogP contribution in [0.15, 0.2) is 33.7 Å². The van der Waals surface area contributed by atoms with Crippen molar-refractivity contribution in [1.29, 1.82) is 0 Å². The van der Waals surface area contributed by atoms with Gasteiger partial charge in [0.2, 0.25) is 0 Å². The number of benzene rings is 1. The van der Waals surface area contributed by atoms with Crippen LogP contribution in [0.4, 0.5) is 0 Å². The smallest absolute Gasteiger partial charge is 0.191 e. The third kappa shape index (κ3) is 6.39. The Balaban J connectivity index is 1.80. The van der Waals surface area contributed by atoms with E-state index >= 15 is 0 Å². The van der Waals surface area contributed by atoms with E-state index in [9.17, 15) is 8.42 Å². The van der Waals surface area contributed by atoms with E-state index in [-0.39, 0.29) is 17.5 Å². The monoisotopic (exact) mass is 403 g/mol. The molecule has 6 nitrogen and oxygen atoms in total. The fourth-order valence-electron chi connectivity index (χ4n) is 2.27. The van der Waals surface area contributed by atoms with Crippen molar-refractivity contribution < 1.29 is 13.2 Å². The molecule has 2 rings (SSSR count). The van der Waals surface area contributed by atoms with Crippen molar-refractivity contribution in [3.05, 3.63) is 28.7 Å². The van der Waals surface area contributed by atoms with E-state index < -0.39 is 9.84 Å². The Labute approximate surface area is 145 Å². The van der Waals surface area contributed by atoms with Gasteiger partial charge in [-0.2, -0.15) is 0 Å². The fourth-order valence-corrected chi connectivity index (χ4v) is 4.21. The summed E-state index contributed by atoms with van der Waals surface area (Å²) < 4.78 is 29.6. The topological polar surface area (TPSA) is 79.8 Å². The van der Waals surface area contributed by atoms with Gasteiger partial charge in [-0.1, -0.05) is 15.9 Å². The Morgan fingerprint density at radius 2 is 2.13 bits per heavy atom. The third-order valence-electron chi connectivity index (χ3n) is 3.36. The lowest BCUT2D eigenvalue weighted by atomic mass is 10.3. The summed E-state index contributed by atoms with van der Waals surface area (Å²) in [6, 6.07) is 7.56. The van der Waals surface area contributed by atoms with E-state index in [1.54, 1.807) is 0 Å². The van der Waals surface area contributed by atoms with E-state index in [1.807, 2.05) is 31.2 Å². The van der Waals surface area contributed by atoms with Crippen LogP contribution in [-0.2, 0) is 9.84 Å². The molecule has 0 saturated carbocycles. The molecule has 1 aliphatic heterocycles. The average molecular weight is 404 g/mol. The first-order valence-corrected chi connectivity index (χ1v) is 10.2. The maximum absolute atomic E-state index is 11.5. The molecule has 1 aromatic carbocycles. The molecule has 0 amide bonds. The molecule has 1 aliphatic rings. The predicted molar refractivity (Wildman–Crippen MR) is 95.8 cm³/mol. The lowest BCUT2D eigenvalue weighted by Gasteiger charge is -2.15. The Kier molecular flexibility index (Phi) is 6.71. The van der Waals surface area contributed by atoms with Gasteiger partial charge in [0.1, 0.15) is 12.4 Å². The van der Waals surface area contributed by atoms with Crippen LogP contribution >= 0.6 is 15.9 Å². The molecule has 0 spiro atoms. The maximum atomic E-state index is 11.5. The molecule has 2 N–H and O–H groups in total. The van der Waals surface area contributed by atoms with Crippen molar-refractivity contribution in [2.45, 2.75) is 19.4 Å². The van der Waals surface area contributed by atoms with E-state index in [4.69, 9.17) is 4.74 Å². The number of nitrogens with zero attached hydrogens (tertiary/aromatic N) is 1. The average Bonchev–Trinajstić information content (AvgIpc) is 2.84. The van der Waals surface area contributed by atoms with Crippen LogP contribution in [0.1, 0.15) is 13.3 Å². The molecule has 1 atom stereocenters. The minimum Gasteiger partial charge on any atom is -0.492 e. The highest BCUT2D eigenvalue weighted by Crippen LogP contribution is 2.15. The summed E-state index contributed by atoms with van der Waals surface area (Å²) in [4.78, 5) is 4.42. The van der Waals surface area contributed by atoms with Gasteiger partial charge in [-0.05, 0) is 37.6 Å². The van der Waals surface area contributed by atoms with Crippen molar-refractivity contribution in [3.63, 3.8) is 0 Å². The number of ether oxygens (including phenoxy) is 1. The van der Waals surface area contributed by atoms with Crippen molar-refractivity contribution in [2.24, 2.45) is 4.99 Å². The molecular formula is C15H22BrN3O3S. The first-order valence-electron chi connectivity index (χ1n) is 7.62. The van der Waals surface area contributed by atoms with Gasteiger partial charge in [0.25, 0.3) is 0 Å². The maximum Gasteiger partial charge on any atom is 0.191 e. The van der Waals surface area contributed by atoms with Crippen molar-refractivity contribution in [2.75, 3.05) is 31.2 Å². The van der Waals surface area contributed by atoms with Gasteiger partial charge in [-0.15, -0.1) is 0 Å². The number of sulfone groups is 1. The normalized spacial score (nSPS) is 20.3. The molecular weight excluding hydrogens is 382 g/mol. The van der Waals surface area contributed by atoms with E-state index in [0.29, 0.717) is 25.5 Å². The molecule has 1 aromatic rings. The number of halogens is 1. The van der Waals surface area contributed by atoms with Crippen LogP contribution in [-0.4, -0.2) is 51.6 Å². The molecule has 0 aromatic heterocycles. The van der Waals surface area contributed by atoms with E-state index in [2.05, 4.69) is 31.6 Å². The van der Waals surface area contributed by atoms with Crippen LogP contribution in [0, 0.1) is 0 Å². The quantitative estimate of drug-likeness (QED) is 0.428. The molecule has 1 heterocycles. The standard InChI is InChI=1S/C15H22BrN3O3S/c1-2-17-15(19-13-7-10-23(20,21)11-13)18-8-9-22-14-5-3-12(16)4-6-14/h3-6,13H,2,7-11H2,1H3,(H2,17,18,19). The van der Waals surface area contributed by atoms with Crippen molar-refractivity contribution >= 4 is 31.7 Å². The van der Waals surface area contributed by atoms with Crippen molar-refractivity contribution in [3.8, 4) is 5.75 Å². The van der Waals surface area contributed by atoms with E-state index in [1.165, 1.54) is 0 Å². The first kappa shape index (κ1) is 18.1. The van der Waals surface area contributed by atoms with Crippen LogP contribution in [0.5, 0.6) is 5.75 Å². The van der Waals surface area contributed by atoms with Crippen LogP contribution < -0.4 is 15.4 Å². The summed E-state index contributed by atoms with van der Waals surface area (Å²) >= 11 is 3.38. The second-order valence-electron chi connectivity index (χ2n) is 5.31. The van der Waals surface area contributed by atoms with Gasteiger partial charge in [0, 0.05) is 17.1 Å². The molecule has 1 saturated heterocycles. The second kappa shape index (κ2) is 8.54. The summed E-state index contributed by atoms with van der Waals surface area (Å²) in [5.41, 5.74) is 0. The first-order chi connectivity index (χ1) is 11.0. The molecule has 1 fully saturated rings. The lowest BCUT2D eigenvalue weighted by molar-refractivity contribution is 0.328. The van der Waals surface area contributed by atoms with Gasteiger partial charge >= 0.3 is 0 Å². The number of rotatable bonds is 6. The summed E-state index contributed by atoms with van der Waals surface area (Å²) in [6.07, 6.45) is 0.627. The predicted octanol–water partition coefficient (Wildman–Crippen LogP) is 1.57. The molecule has 23 heavy (non-hydrogen) atoms. The zero-order chi connectivity index (χ0) is 16.7. The largest absolute Gasteiger partial charge is 0.492 e. The second-order valence-corrected chi connectivity index (χ2v) is 8.45. The number of hydrogen-bond donors (Lipinski definition) is 2. The van der Waals surface area contributed by atoms with Gasteiger partial charge < -0.3 is 15.4 Å².